The molecule has 0 atom stereocenters. The maximum atomic E-state index is 5.56. The molecular weight excluding hydrogens is 236 g/mol. The monoisotopic (exact) mass is 262 g/mol. The van der Waals surface area contributed by atoms with Crippen LogP contribution in [-0.2, 0) is 12.8 Å². The van der Waals surface area contributed by atoms with Crippen molar-refractivity contribution in [1.82, 2.24) is 0 Å². The summed E-state index contributed by atoms with van der Waals surface area (Å²) in [6.45, 7) is 8.05. The van der Waals surface area contributed by atoms with Gasteiger partial charge in [0.1, 0.15) is 11.5 Å². The highest BCUT2D eigenvalue weighted by molar-refractivity contribution is 5.47. The Morgan fingerprint density at radius 1 is 1.00 bits per heavy atom. The predicted molar refractivity (Wildman–Crippen MR) is 81.0 cm³/mol. The third kappa shape index (κ3) is 4.62. The summed E-state index contributed by atoms with van der Waals surface area (Å²) in [5, 5.41) is 0. The number of methoxy groups -OCH3 is 1. The van der Waals surface area contributed by atoms with Gasteiger partial charge in [0.25, 0.3) is 0 Å². The first-order chi connectivity index (χ1) is 9.26. The van der Waals surface area contributed by atoms with Crippen LogP contribution in [0.25, 0.3) is 0 Å². The summed E-state index contributed by atoms with van der Waals surface area (Å²) in [7, 11) is 1.74. The van der Waals surface area contributed by atoms with Gasteiger partial charge in [0, 0.05) is 0 Å². The van der Waals surface area contributed by atoms with Crippen LogP contribution in [0.2, 0.25) is 0 Å². The highest BCUT2D eigenvalue weighted by Gasteiger charge is 2.11. The van der Waals surface area contributed by atoms with Crippen LogP contribution >= 0.6 is 0 Å². The Labute approximate surface area is 117 Å². The molecule has 106 valence electrons. The van der Waals surface area contributed by atoms with E-state index in [-0.39, 0.29) is 0 Å². The van der Waals surface area contributed by atoms with Crippen molar-refractivity contribution < 1.29 is 9.47 Å². The maximum Gasteiger partial charge on any atom is 0.130 e. The molecule has 0 aliphatic carbocycles. The Hall–Kier alpha value is -1.44. The second kappa shape index (κ2) is 8.63. The summed E-state index contributed by atoms with van der Waals surface area (Å²) in [6.07, 6.45) is 8.22. The van der Waals surface area contributed by atoms with E-state index in [0.717, 1.165) is 37.2 Å². The van der Waals surface area contributed by atoms with E-state index in [2.05, 4.69) is 32.6 Å². The van der Waals surface area contributed by atoms with Gasteiger partial charge in [-0.3, -0.25) is 0 Å². The summed E-state index contributed by atoms with van der Waals surface area (Å²) in [6, 6.07) is 4.24. The molecule has 0 radical (unpaired) electrons. The van der Waals surface area contributed by atoms with E-state index in [0.29, 0.717) is 0 Å². The lowest BCUT2D eigenvalue weighted by molar-refractivity contribution is 0.405. The standard InChI is InChI=1S/C17H26O2/c1-5-8-10-14-13-17(19-7-3)15(11-9-6-2)12-16(14)18-4/h7,12-13H,3,5-6,8-11H2,1-2,4H3. The predicted octanol–water partition coefficient (Wildman–Crippen LogP) is 4.90. The molecule has 0 spiro atoms. The van der Waals surface area contributed by atoms with Crippen LogP contribution in [0.1, 0.15) is 50.7 Å². The van der Waals surface area contributed by atoms with Gasteiger partial charge in [0.15, 0.2) is 0 Å². The molecule has 0 N–H and O–H groups in total. The lowest BCUT2D eigenvalue weighted by atomic mass is 10.0. The molecule has 0 aromatic heterocycles. The average molecular weight is 262 g/mol. The number of hydrogen-bond donors (Lipinski definition) is 0. The quantitative estimate of drug-likeness (QED) is 0.589. The van der Waals surface area contributed by atoms with Crippen LogP contribution < -0.4 is 9.47 Å². The molecule has 2 heteroatoms. The van der Waals surface area contributed by atoms with E-state index in [1.165, 1.54) is 30.2 Å². The van der Waals surface area contributed by atoms with Gasteiger partial charge < -0.3 is 9.47 Å². The van der Waals surface area contributed by atoms with Crippen LogP contribution in [0.3, 0.4) is 0 Å². The normalized spacial score (nSPS) is 10.3. The van der Waals surface area contributed by atoms with Gasteiger partial charge >= 0.3 is 0 Å². The Morgan fingerprint density at radius 2 is 1.53 bits per heavy atom. The first kappa shape index (κ1) is 15.6. The van der Waals surface area contributed by atoms with Gasteiger partial charge in [-0.2, -0.15) is 0 Å². The Kier molecular flexibility index (Phi) is 7.09. The molecule has 0 fully saturated rings. The summed E-state index contributed by atoms with van der Waals surface area (Å²) < 4.78 is 11.1. The maximum absolute atomic E-state index is 5.56. The fourth-order valence-electron chi connectivity index (χ4n) is 2.16. The molecule has 0 heterocycles. The van der Waals surface area contributed by atoms with Gasteiger partial charge in [0.2, 0.25) is 0 Å². The minimum absolute atomic E-state index is 0.926. The van der Waals surface area contributed by atoms with Crippen LogP contribution in [0, 0.1) is 0 Å². The van der Waals surface area contributed by atoms with Crippen molar-refractivity contribution in [1.29, 1.82) is 0 Å². The Balaban J connectivity index is 3.05. The zero-order valence-corrected chi connectivity index (χ0v) is 12.5. The summed E-state index contributed by atoms with van der Waals surface area (Å²) in [5.74, 6) is 1.91. The molecule has 0 bridgehead atoms. The SMILES string of the molecule is C=COc1cc(CCCC)c(OC)cc1CCCC. The van der Waals surface area contributed by atoms with Crippen molar-refractivity contribution in [3.05, 3.63) is 36.1 Å². The highest BCUT2D eigenvalue weighted by atomic mass is 16.5. The molecule has 1 aromatic carbocycles. The van der Waals surface area contributed by atoms with E-state index < -0.39 is 0 Å². The van der Waals surface area contributed by atoms with Gasteiger partial charge in [-0.25, -0.2) is 0 Å². The van der Waals surface area contributed by atoms with Crippen LogP contribution in [0.4, 0.5) is 0 Å². The number of rotatable bonds is 9. The minimum Gasteiger partial charge on any atom is -0.496 e. The van der Waals surface area contributed by atoms with Crippen molar-refractivity contribution >= 4 is 0 Å². The number of benzene rings is 1. The third-order valence-electron chi connectivity index (χ3n) is 3.27. The number of ether oxygens (including phenoxy) is 2. The second-order valence-electron chi connectivity index (χ2n) is 4.76. The summed E-state index contributed by atoms with van der Waals surface area (Å²) in [5.41, 5.74) is 2.43. The molecule has 1 aromatic rings. The molecule has 2 nitrogen and oxygen atoms in total. The van der Waals surface area contributed by atoms with Crippen molar-refractivity contribution in [3.63, 3.8) is 0 Å². The molecule has 0 aliphatic heterocycles. The molecule has 19 heavy (non-hydrogen) atoms. The minimum atomic E-state index is 0.926. The summed E-state index contributed by atoms with van der Waals surface area (Å²) >= 11 is 0. The van der Waals surface area contributed by atoms with Gasteiger partial charge in [-0.1, -0.05) is 33.3 Å². The van der Waals surface area contributed by atoms with Crippen molar-refractivity contribution in [2.45, 2.75) is 52.4 Å². The van der Waals surface area contributed by atoms with Gasteiger partial charge in [0.05, 0.1) is 13.4 Å². The van der Waals surface area contributed by atoms with Crippen molar-refractivity contribution in [2.24, 2.45) is 0 Å². The van der Waals surface area contributed by atoms with E-state index in [1.54, 1.807) is 7.11 Å². The molecule has 0 amide bonds. The first-order valence-electron chi connectivity index (χ1n) is 7.24. The van der Waals surface area contributed by atoms with E-state index in [1.807, 2.05) is 0 Å². The molecule has 1 rings (SSSR count). The zero-order chi connectivity index (χ0) is 14.1. The number of aryl methyl sites for hydroxylation is 2. The van der Waals surface area contributed by atoms with E-state index >= 15 is 0 Å². The smallest absolute Gasteiger partial charge is 0.130 e. The average Bonchev–Trinajstić information content (AvgIpc) is 2.44. The van der Waals surface area contributed by atoms with Crippen LogP contribution in [-0.4, -0.2) is 7.11 Å². The van der Waals surface area contributed by atoms with Crippen molar-refractivity contribution in [3.8, 4) is 11.5 Å². The fraction of sp³-hybridized carbons (Fsp3) is 0.529. The van der Waals surface area contributed by atoms with E-state index in [9.17, 15) is 0 Å². The lowest BCUT2D eigenvalue weighted by Gasteiger charge is -2.14. The Bertz CT molecular complexity index is 396. The van der Waals surface area contributed by atoms with Crippen LogP contribution in [0.5, 0.6) is 11.5 Å². The molecule has 0 saturated heterocycles. The van der Waals surface area contributed by atoms with Gasteiger partial charge in [-0.15, -0.1) is 0 Å². The topological polar surface area (TPSA) is 18.5 Å². The largest absolute Gasteiger partial charge is 0.496 e. The van der Waals surface area contributed by atoms with Crippen molar-refractivity contribution in [2.75, 3.05) is 7.11 Å². The molecule has 0 unspecified atom stereocenters. The van der Waals surface area contributed by atoms with Gasteiger partial charge in [-0.05, 0) is 48.9 Å². The third-order valence-corrected chi connectivity index (χ3v) is 3.27. The first-order valence-corrected chi connectivity index (χ1v) is 7.24. The Morgan fingerprint density at radius 3 is 2.00 bits per heavy atom. The number of unbranched alkanes of at least 4 members (excludes halogenated alkanes) is 2. The van der Waals surface area contributed by atoms with Crippen LogP contribution in [0.15, 0.2) is 25.0 Å². The second-order valence-corrected chi connectivity index (χ2v) is 4.76. The zero-order valence-electron chi connectivity index (χ0n) is 12.5. The molecule has 0 saturated carbocycles. The summed E-state index contributed by atoms with van der Waals surface area (Å²) in [4.78, 5) is 0. The number of hydrogen-bond acceptors (Lipinski definition) is 2. The molecular formula is C17H26O2. The molecule has 0 aliphatic rings. The van der Waals surface area contributed by atoms with E-state index in [4.69, 9.17) is 9.47 Å². The lowest BCUT2D eigenvalue weighted by Crippen LogP contribution is -1.98. The fourth-order valence-corrected chi connectivity index (χ4v) is 2.16. The highest BCUT2D eigenvalue weighted by Crippen LogP contribution is 2.31.